The fraction of sp³-hybridized carbons (Fsp3) is 0. The number of halogens is 2. The van der Waals surface area contributed by atoms with Crippen molar-refractivity contribution in [1.82, 2.24) is 9.97 Å². The van der Waals surface area contributed by atoms with Gasteiger partial charge in [-0.15, -0.1) is 0 Å². The molecule has 0 radical (unpaired) electrons. The number of benzene rings is 1. The number of para-hydroxylation sites is 1. The van der Waals surface area contributed by atoms with Crippen LogP contribution in [0, 0.1) is 0 Å². The number of fused-ring (bicyclic) bond motifs is 1. The van der Waals surface area contributed by atoms with Crippen molar-refractivity contribution in [2.75, 3.05) is 0 Å². The predicted molar refractivity (Wildman–Crippen MR) is 86.8 cm³/mol. The Labute approximate surface area is 136 Å². The van der Waals surface area contributed by atoms with Gasteiger partial charge in [-0.05, 0) is 24.3 Å². The highest BCUT2D eigenvalue weighted by molar-refractivity contribution is 6.33. The molecule has 1 aromatic carbocycles. The summed E-state index contributed by atoms with van der Waals surface area (Å²) in [6.07, 6.45) is 3.01. The zero-order valence-electron chi connectivity index (χ0n) is 11.2. The van der Waals surface area contributed by atoms with Crippen molar-refractivity contribution in [2.45, 2.75) is 0 Å². The molecule has 0 saturated carbocycles. The SMILES string of the molecule is O=Cc1ccc(Cl)nc1Cl.O=Cc1cnc2ccccc2c1. The molecule has 0 N–H and O–H groups in total. The average Bonchev–Trinajstić information content (AvgIpc) is 2.55. The van der Waals surface area contributed by atoms with Crippen molar-refractivity contribution in [3.63, 3.8) is 0 Å². The molecule has 6 heteroatoms. The number of hydrogen-bond donors (Lipinski definition) is 0. The molecule has 0 amide bonds. The molecule has 3 rings (SSSR count). The molecular weight excluding hydrogens is 323 g/mol. The largest absolute Gasteiger partial charge is 0.298 e. The summed E-state index contributed by atoms with van der Waals surface area (Å²) in [6.45, 7) is 0. The number of carbonyl (C=O) groups excluding carboxylic acids is 2. The molecule has 0 bridgehead atoms. The van der Waals surface area contributed by atoms with Crippen LogP contribution < -0.4 is 0 Å². The molecule has 2 heterocycles. The maximum Gasteiger partial charge on any atom is 0.153 e. The van der Waals surface area contributed by atoms with Gasteiger partial charge in [-0.25, -0.2) is 4.98 Å². The second kappa shape index (κ2) is 7.64. The molecule has 4 nitrogen and oxygen atoms in total. The van der Waals surface area contributed by atoms with Crippen LogP contribution in [0.25, 0.3) is 10.9 Å². The molecule has 3 aromatic rings. The van der Waals surface area contributed by atoms with Crippen molar-refractivity contribution in [2.24, 2.45) is 0 Å². The van der Waals surface area contributed by atoms with E-state index in [2.05, 4.69) is 9.97 Å². The number of rotatable bonds is 2. The first-order chi connectivity index (χ1) is 10.6. The summed E-state index contributed by atoms with van der Waals surface area (Å²) in [7, 11) is 0. The van der Waals surface area contributed by atoms with Gasteiger partial charge in [0.25, 0.3) is 0 Å². The molecule has 110 valence electrons. The van der Waals surface area contributed by atoms with Crippen LogP contribution in [0.4, 0.5) is 0 Å². The molecule has 0 aliphatic rings. The van der Waals surface area contributed by atoms with Crippen molar-refractivity contribution >= 4 is 46.7 Å². The van der Waals surface area contributed by atoms with E-state index in [0.717, 1.165) is 17.2 Å². The van der Waals surface area contributed by atoms with Crippen LogP contribution in [0.2, 0.25) is 10.3 Å². The molecular formula is C16H10Cl2N2O2. The third-order valence-corrected chi connectivity index (χ3v) is 3.23. The number of aldehydes is 2. The molecule has 0 fully saturated rings. The first-order valence-corrected chi connectivity index (χ1v) is 6.97. The second-order valence-corrected chi connectivity index (χ2v) is 4.96. The van der Waals surface area contributed by atoms with Crippen LogP contribution in [-0.2, 0) is 0 Å². The van der Waals surface area contributed by atoms with E-state index in [1.807, 2.05) is 30.3 Å². The summed E-state index contributed by atoms with van der Waals surface area (Å²) in [4.78, 5) is 28.3. The van der Waals surface area contributed by atoms with Crippen molar-refractivity contribution in [3.8, 4) is 0 Å². The molecule has 0 aliphatic carbocycles. The van der Waals surface area contributed by atoms with E-state index in [0.29, 0.717) is 17.4 Å². The zero-order chi connectivity index (χ0) is 15.9. The zero-order valence-corrected chi connectivity index (χ0v) is 12.8. The second-order valence-electron chi connectivity index (χ2n) is 4.21. The summed E-state index contributed by atoms with van der Waals surface area (Å²) in [6, 6.07) is 12.6. The molecule has 0 saturated heterocycles. The van der Waals surface area contributed by atoms with Crippen molar-refractivity contribution < 1.29 is 9.59 Å². The molecule has 22 heavy (non-hydrogen) atoms. The standard InChI is InChI=1S/C10H7NO.C6H3Cl2NO/c12-7-8-5-9-3-1-2-4-10(9)11-6-8;7-5-2-1-4(3-10)6(8)9-5/h1-7H;1-3H. The topological polar surface area (TPSA) is 59.9 Å². The van der Waals surface area contributed by atoms with Crippen LogP contribution in [0.15, 0.2) is 48.7 Å². The lowest BCUT2D eigenvalue weighted by Crippen LogP contribution is -1.84. The minimum absolute atomic E-state index is 0.141. The van der Waals surface area contributed by atoms with Crippen LogP contribution in [0.1, 0.15) is 20.7 Å². The van der Waals surface area contributed by atoms with Gasteiger partial charge < -0.3 is 0 Å². The summed E-state index contributed by atoms with van der Waals surface area (Å²) in [5, 5.41) is 1.43. The lowest BCUT2D eigenvalue weighted by Gasteiger charge is -1.95. The Morgan fingerprint density at radius 1 is 0.955 bits per heavy atom. The highest BCUT2D eigenvalue weighted by Crippen LogP contribution is 2.14. The Morgan fingerprint density at radius 2 is 1.73 bits per heavy atom. The van der Waals surface area contributed by atoms with Gasteiger partial charge in [0.15, 0.2) is 12.6 Å². The fourth-order valence-corrected chi connectivity index (χ4v) is 2.05. The average molecular weight is 333 g/mol. The number of aromatic nitrogens is 2. The Morgan fingerprint density at radius 3 is 2.41 bits per heavy atom. The molecule has 0 atom stereocenters. The van der Waals surface area contributed by atoms with E-state index >= 15 is 0 Å². The Kier molecular flexibility index (Phi) is 5.58. The van der Waals surface area contributed by atoms with Crippen LogP contribution in [0.3, 0.4) is 0 Å². The lowest BCUT2D eigenvalue weighted by atomic mass is 10.2. The van der Waals surface area contributed by atoms with E-state index in [1.165, 1.54) is 12.1 Å². The van der Waals surface area contributed by atoms with Crippen molar-refractivity contribution in [3.05, 3.63) is 70.1 Å². The van der Waals surface area contributed by atoms with Gasteiger partial charge in [0.1, 0.15) is 10.3 Å². The van der Waals surface area contributed by atoms with E-state index in [1.54, 1.807) is 6.20 Å². The molecule has 0 aliphatic heterocycles. The van der Waals surface area contributed by atoms with Gasteiger partial charge in [0, 0.05) is 17.1 Å². The van der Waals surface area contributed by atoms with Gasteiger partial charge in [-0.3, -0.25) is 14.6 Å². The monoisotopic (exact) mass is 332 g/mol. The first kappa shape index (κ1) is 16.1. The Balaban J connectivity index is 0.000000164. The Hall–Kier alpha value is -2.30. The smallest absolute Gasteiger partial charge is 0.153 e. The highest BCUT2D eigenvalue weighted by atomic mass is 35.5. The third kappa shape index (κ3) is 4.10. The van der Waals surface area contributed by atoms with Crippen LogP contribution in [-0.4, -0.2) is 22.5 Å². The van der Waals surface area contributed by atoms with Gasteiger partial charge in [-0.1, -0.05) is 41.4 Å². The van der Waals surface area contributed by atoms with E-state index in [-0.39, 0.29) is 10.3 Å². The maximum atomic E-state index is 10.4. The van der Waals surface area contributed by atoms with Crippen LogP contribution in [0.5, 0.6) is 0 Å². The van der Waals surface area contributed by atoms with Crippen molar-refractivity contribution in [1.29, 1.82) is 0 Å². The number of nitrogens with zero attached hydrogens (tertiary/aromatic N) is 2. The summed E-state index contributed by atoms with van der Waals surface area (Å²) < 4.78 is 0. The van der Waals surface area contributed by atoms with Gasteiger partial charge in [0.2, 0.25) is 0 Å². The molecule has 0 unspecified atom stereocenters. The summed E-state index contributed by atoms with van der Waals surface area (Å²) in [5.74, 6) is 0. The van der Waals surface area contributed by atoms with Gasteiger partial charge in [0.05, 0.1) is 11.1 Å². The lowest BCUT2D eigenvalue weighted by molar-refractivity contribution is 0.111. The maximum absolute atomic E-state index is 10.4. The first-order valence-electron chi connectivity index (χ1n) is 6.21. The number of carbonyl (C=O) groups is 2. The third-order valence-electron chi connectivity index (χ3n) is 2.72. The highest BCUT2D eigenvalue weighted by Gasteiger charge is 1.99. The fourth-order valence-electron chi connectivity index (χ4n) is 1.66. The number of pyridine rings is 2. The molecule has 2 aromatic heterocycles. The Bertz CT molecular complexity index is 822. The van der Waals surface area contributed by atoms with E-state index < -0.39 is 0 Å². The number of hydrogen-bond acceptors (Lipinski definition) is 4. The van der Waals surface area contributed by atoms with E-state index in [9.17, 15) is 9.59 Å². The minimum atomic E-state index is 0.141. The summed E-state index contributed by atoms with van der Waals surface area (Å²) in [5.41, 5.74) is 1.89. The van der Waals surface area contributed by atoms with Gasteiger partial charge >= 0.3 is 0 Å². The quantitative estimate of drug-likeness (QED) is 0.520. The summed E-state index contributed by atoms with van der Waals surface area (Å²) >= 11 is 11.0. The van der Waals surface area contributed by atoms with Crippen LogP contribution >= 0.6 is 23.2 Å². The predicted octanol–water partition coefficient (Wildman–Crippen LogP) is 4.25. The molecule has 0 spiro atoms. The minimum Gasteiger partial charge on any atom is -0.298 e. The van der Waals surface area contributed by atoms with E-state index in [4.69, 9.17) is 23.2 Å². The van der Waals surface area contributed by atoms with Gasteiger partial charge in [-0.2, -0.15) is 0 Å². The normalized spacial score (nSPS) is 9.73.